The molecule has 1 fully saturated rings. The second kappa shape index (κ2) is 5.17. The number of rotatable bonds is 3. The lowest BCUT2D eigenvalue weighted by molar-refractivity contribution is 0.354. The Balaban J connectivity index is 1.81. The van der Waals surface area contributed by atoms with Gasteiger partial charge in [0.1, 0.15) is 0 Å². The van der Waals surface area contributed by atoms with Crippen LogP contribution >= 0.6 is 0 Å². The van der Waals surface area contributed by atoms with Crippen LogP contribution in [0.2, 0.25) is 0 Å². The minimum absolute atomic E-state index is 0.887. The van der Waals surface area contributed by atoms with Crippen molar-refractivity contribution in [1.82, 2.24) is 5.32 Å². The van der Waals surface area contributed by atoms with Crippen molar-refractivity contribution in [2.45, 2.75) is 25.7 Å². The van der Waals surface area contributed by atoms with Gasteiger partial charge in [-0.2, -0.15) is 0 Å². The summed E-state index contributed by atoms with van der Waals surface area (Å²) in [5.74, 6) is 0.910. The molecule has 1 aromatic carbocycles. The molecule has 0 unspecified atom stereocenters. The van der Waals surface area contributed by atoms with Crippen LogP contribution in [0.25, 0.3) is 0 Å². The van der Waals surface area contributed by atoms with Gasteiger partial charge in [0.15, 0.2) is 0 Å². The second-order valence-corrected chi connectivity index (χ2v) is 4.48. The number of anilines is 1. The van der Waals surface area contributed by atoms with E-state index >= 15 is 0 Å². The summed E-state index contributed by atoms with van der Waals surface area (Å²) in [6.45, 7) is 2.39. The van der Waals surface area contributed by atoms with Gasteiger partial charge in [-0.15, -0.1) is 0 Å². The van der Waals surface area contributed by atoms with E-state index in [9.17, 15) is 0 Å². The third kappa shape index (κ3) is 3.24. The first-order chi connectivity index (χ1) is 7.34. The first-order valence-corrected chi connectivity index (χ1v) is 5.90. The number of nitrogens with two attached hydrogens (primary N) is 1. The van der Waals surface area contributed by atoms with E-state index in [0.29, 0.717) is 0 Å². The Morgan fingerprint density at radius 3 is 2.80 bits per heavy atom. The van der Waals surface area contributed by atoms with Gasteiger partial charge in [-0.25, -0.2) is 0 Å². The van der Waals surface area contributed by atoms with Gasteiger partial charge in [0.25, 0.3) is 0 Å². The molecule has 3 N–H and O–H groups in total. The van der Waals surface area contributed by atoms with Crippen molar-refractivity contribution in [2.24, 2.45) is 5.92 Å². The van der Waals surface area contributed by atoms with E-state index in [1.54, 1.807) is 0 Å². The number of hydrogen-bond acceptors (Lipinski definition) is 2. The Morgan fingerprint density at radius 1 is 1.27 bits per heavy atom. The van der Waals surface area contributed by atoms with E-state index in [1.165, 1.54) is 44.3 Å². The number of benzene rings is 1. The molecule has 1 heterocycles. The number of hydrogen-bond donors (Lipinski definition) is 2. The fourth-order valence-corrected chi connectivity index (χ4v) is 2.29. The van der Waals surface area contributed by atoms with Crippen LogP contribution in [-0.4, -0.2) is 13.1 Å². The van der Waals surface area contributed by atoms with Crippen molar-refractivity contribution < 1.29 is 0 Å². The van der Waals surface area contributed by atoms with Gasteiger partial charge >= 0.3 is 0 Å². The zero-order valence-electron chi connectivity index (χ0n) is 9.21. The molecule has 2 rings (SSSR count). The normalized spacial score (nSPS) is 17.9. The van der Waals surface area contributed by atoms with Crippen LogP contribution in [0, 0.1) is 5.92 Å². The molecule has 0 atom stereocenters. The van der Waals surface area contributed by atoms with Crippen molar-refractivity contribution >= 4 is 5.69 Å². The van der Waals surface area contributed by atoms with Crippen molar-refractivity contribution in [3.05, 3.63) is 29.8 Å². The van der Waals surface area contributed by atoms with E-state index in [4.69, 9.17) is 5.73 Å². The van der Waals surface area contributed by atoms with Crippen LogP contribution in [0.5, 0.6) is 0 Å². The summed E-state index contributed by atoms with van der Waals surface area (Å²) < 4.78 is 0. The summed E-state index contributed by atoms with van der Waals surface area (Å²) in [7, 11) is 0. The third-order valence-electron chi connectivity index (χ3n) is 3.25. The molecule has 1 saturated heterocycles. The average Bonchev–Trinajstić information content (AvgIpc) is 2.28. The van der Waals surface area contributed by atoms with Crippen LogP contribution in [0.3, 0.4) is 0 Å². The van der Waals surface area contributed by atoms with E-state index in [-0.39, 0.29) is 0 Å². The molecule has 1 aliphatic rings. The number of aryl methyl sites for hydroxylation is 1. The Morgan fingerprint density at radius 2 is 2.07 bits per heavy atom. The second-order valence-electron chi connectivity index (χ2n) is 4.48. The molecule has 0 aromatic heterocycles. The summed E-state index contributed by atoms with van der Waals surface area (Å²) in [4.78, 5) is 0. The molecule has 0 bridgehead atoms. The minimum atomic E-state index is 0.887. The van der Waals surface area contributed by atoms with Crippen LogP contribution < -0.4 is 11.1 Å². The van der Waals surface area contributed by atoms with E-state index in [1.807, 2.05) is 12.1 Å². The Labute approximate surface area is 91.9 Å². The minimum Gasteiger partial charge on any atom is -0.399 e. The molecule has 2 heteroatoms. The van der Waals surface area contributed by atoms with Gasteiger partial charge in [-0.1, -0.05) is 12.1 Å². The van der Waals surface area contributed by atoms with Crippen molar-refractivity contribution in [3.8, 4) is 0 Å². The SMILES string of the molecule is Nc1cccc(CCC2CCNCC2)c1. The van der Waals surface area contributed by atoms with E-state index in [0.717, 1.165) is 11.6 Å². The fraction of sp³-hybridized carbons (Fsp3) is 0.538. The van der Waals surface area contributed by atoms with Crippen LogP contribution in [0.15, 0.2) is 24.3 Å². The van der Waals surface area contributed by atoms with Gasteiger partial charge < -0.3 is 11.1 Å². The Kier molecular flexibility index (Phi) is 3.62. The zero-order chi connectivity index (χ0) is 10.5. The predicted octanol–water partition coefficient (Wildman–Crippen LogP) is 2.20. The molecule has 0 aliphatic carbocycles. The molecule has 1 aromatic rings. The Hall–Kier alpha value is -1.02. The van der Waals surface area contributed by atoms with E-state index in [2.05, 4.69) is 17.4 Å². The predicted molar refractivity (Wildman–Crippen MR) is 64.8 cm³/mol. The average molecular weight is 204 g/mol. The molecule has 1 aliphatic heterocycles. The van der Waals surface area contributed by atoms with Crippen molar-refractivity contribution in [2.75, 3.05) is 18.8 Å². The van der Waals surface area contributed by atoms with Crippen molar-refractivity contribution in [1.29, 1.82) is 0 Å². The van der Waals surface area contributed by atoms with Crippen LogP contribution in [0.1, 0.15) is 24.8 Å². The maximum Gasteiger partial charge on any atom is 0.0316 e. The molecule has 82 valence electrons. The summed E-state index contributed by atoms with van der Waals surface area (Å²) in [6, 6.07) is 8.28. The van der Waals surface area contributed by atoms with Crippen LogP contribution in [-0.2, 0) is 6.42 Å². The number of nitrogens with one attached hydrogen (secondary N) is 1. The molecule has 0 radical (unpaired) electrons. The van der Waals surface area contributed by atoms with Gasteiger partial charge in [-0.3, -0.25) is 0 Å². The maximum atomic E-state index is 5.76. The largest absolute Gasteiger partial charge is 0.399 e. The lowest BCUT2D eigenvalue weighted by Gasteiger charge is -2.22. The monoisotopic (exact) mass is 204 g/mol. The summed E-state index contributed by atoms with van der Waals surface area (Å²) in [6.07, 6.45) is 5.16. The van der Waals surface area contributed by atoms with Gasteiger partial charge in [0.05, 0.1) is 0 Å². The first kappa shape index (κ1) is 10.5. The summed E-state index contributed by atoms with van der Waals surface area (Å²) in [5.41, 5.74) is 8.03. The Bertz CT molecular complexity index is 303. The van der Waals surface area contributed by atoms with E-state index < -0.39 is 0 Å². The summed E-state index contributed by atoms with van der Waals surface area (Å²) >= 11 is 0. The molecular formula is C13H20N2. The molecule has 0 amide bonds. The zero-order valence-corrected chi connectivity index (χ0v) is 9.21. The lowest BCUT2D eigenvalue weighted by atomic mass is 9.91. The topological polar surface area (TPSA) is 38.0 Å². The highest BCUT2D eigenvalue weighted by molar-refractivity contribution is 5.40. The highest BCUT2D eigenvalue weighted by Crippen LogP contribution is 2.19. The highest BCUT2D eigenvalue weighted by atomic mass is 14.9. The van der Waals surface area contributed by atoms with Gasteiger partial charge in [0, 0.05) is 5.69 Å². The lowest BCUT2D eigenvalue weighted by Crippen LogP contribution is -2.27. The number of piperidine rings is 1. The molecule has 2 nitrogen and oxygen atoms in total. The highest BCUT2D eigenvalue weighted by Gasteiger charge is 2.12. The van der Waals surface area contributed by atoms with Crippen LogP contribution in [0.4, 0.5) is 5.69 Å². The van der Waals surface area contributed by atoms with Gasteiger partial charge in [-0.05, 0) is 62.4 Å². The first-order valence-electron chi connectivity index (χ1n) is 5.90. The molecule has 0 spiro atoms. The third-order valence-corrected chi connectivity index (χ3v) is 3.25. The summed E-state index contributed by atoms with van der Waals surface area (Å²) in [5, 5.41) is 3.40. The quantitative estimate of drug-likeness (QED) is 0.741. The maximum absolute atomic E-state index is 5.76. The molecule has 15 heavy (non-hydrogen) atoms. The van der Waals surface area contributed by atoms with Crippen molar-refractivity contribution in [3.63, 3.8) is 0 Å². The van der Waals surface area contributed by atoms with Gasteiger partial charge in [0.2, 0.25) is 0 Å². The smallest absolute Gasteiger partial charge is 0.0316 e. The molecule has 0 saturated carbocycles. The standard InChI is InChI=1S/C13H20N2/c14-13-3-1-2-12(10-13)5-4-11-6-8-15-9-7-11/h1-3,10-11,15H,4-9,14H2. The fourth-order valence-electron chi connectivity index (χ4n) is 2.29. The molecular weight excluding hydrogens is 184 g/mol. The number of nitrogen functional groups attached to an aromatic ring is 1.